The van der Waals surface area contributed by atoms with E-state index in [0.29, 0.717) is 6.54 Å². The first-order valence-electron chi connectivity index (χ1n) is 7.06. The molecule has 0 atom stereocenters. The molecule has 4 nitrogen and oxygen atoms in total. The molecule has 0 aromatic heterocycles. The second-order valence-electron chi connectivity index (χ2n) is 5.28. The number of benzene rings is 1. The molecule has 19 heavy (non-hydrogen) atoms. The van der Waals surface area contributed by atoms with Crippen molar-refractivity contribution in [2.45, 2.75) is 25.3 Å². The largest absolute Gasteiger partial charge is 0.497 e. The topological polar surface area (TPSA) is 50.5 Å². The molecule has 106 valence electrons. The van der Waals surface area contributed by atoms with Crippen LogP contribution in [0.1, 0.15) is 19.8 Å². The number of nitrogens with two attached hydrogens (primary N) is 1. The van der Waals surface area contributed by atoms with Crippen molar-refractivity contribution in [2.24, 2.45) is 5.73 Å². The van der Waals surface area contributed by atoms with Crippen molar-refractivity contribution >= 4 is 5.69 Å². The predicted octanol–water partition coefficient (Wildman–Crippen LogP) is 1.92. The normalized spacial score (nSPS) is 19.1. The maximum atomic E-state index is 6.03. The Labute approximate surface area is 115 Å². The monoisotopic (exact) mass is 263 g/mol. The van der Waals surface area contributed by atoms with Crippen LogP contribution in [-0.4, -0.2) is 43.7 Å². The van der Waals surface area contributed by atoms with Crippen LogP contribution in [0.5, 0.6) is 5.75 Å². The summed E-state index contributed by atoms with van der Waals surface area (Å²) in [6.07, 6.45) is 2.18. The first-order valence-corrected chi connectivity index (χ1v) is 7.06. The van der Waals surface area contributed by atoms with Crippen molar-refractivity contribution in [3.05, 3.63) is 24.3 Å². The van der Waals surface area contributed by atoms with E-state index < -0.39 is 0 Å². The molecule has 1 heterocycles. The third-order valence-electron chi connectivity index (χ3n) is 4.13. The van der Waals surface area contributed by atoms with Crippen LogP contribution in [-0.2, 0) is 0 Å². The van der Waals surface area contributed by atoms with E-state index in [1.807, 2.05) is 18.2 Å². The van der Waals surface area contributed by atoms with Gasteiger partial charge >= 0.3 is 0 Å². The lowest BCUT2D eigenvalue weighted by atomic mass is 9.87. The van der Waals surface area contributed by atoms with Crippen LogP contribution in [0.25, 0.3) is 0 Å². The van der Waals surface area contributed by atoms with Crippen molar-refractivity contribution in [2.75, 3.05) is 38.6 Å². The molecule has 1 aliphatic heterocycles. The third-order valence-corrected chi connectivity index (χ3v) is 4.13. The van der Waals surface area contributed by atoms with E-state index in [4.69, 9.17) is 10.5 Å². The van der Waals surface area contributed by atoms with E-state index in [1.165, 1.54) is 0 Å². The summed E-state index contributed by atoms with van der Waals surface area (Å²) < 4.78 is 5.27. The molecular weight excluding hydrogens is 238 g/mol. The van der Waals surface area contributed by atoms with Crippen LogP contribution >= 0.6 is 0 Å². The van der Waals surface area contributed by atoms with Gasteiger partial charge in [0.1, 0.15) is 5.75 Å². The summed E-state index contributed by atoms with van der Waals surface area (Å²) in [6, 6.07) is 8.07. The van der Waals surface area contributed by atoms with E-state index in [1.54, 1.807) is 7.11 Å². The van der Waals surface area contributed by atoms with Crippen LogP contribution in [0.3, 0.4) is 0 Å². The number of ether oxygens (including phenoxy) is 1. The Bertz CT molecular complexity index is 400. The van der Waals surface area contributed by atoms with Crippen LogP contribution in [0.2, 0.25) is 0 Å². The van der Waals surface area contributed by atoms with Crippen LogP contribution in [0, 0.1) is 0 Å². The molecule has 0 aliphatic carbocycles. The molecule has 0 unspecified atom stereocenters. The molecular formula is C15H25N3O. The molecule has 0 bridgehead atoms. The maximum absolute atomic E-state index is 6.03. The quantitative estimate of drug-likeness (QED) is 0.852. The summed E-state index contributed by atoms with van der Waals surface area (Å²) in [5.41, 5.74) is 7.15. The maximum Gasteiger partial charge on any atom is 0.120 e. The fourth-order valence-electron chi connectivity index (χ4n) is 2.68. The minimum atomic E-state index is 0.0258. The van der Waals surface area contributed by atoms with Crippen molar-refractivity contribution in [3.63, 3.8) is 0 Å². The van der Waals surface area contributed by atoms with Crippen molar-refractivity contribution in [1.82, 2.24) is 4.90 Å². The summed E-state index contributed by atoms with van der Waals surface area (Å²) in [7, 11) is 1.69. The zero-order valence-corrected chi connectivity index (χ0v) is 12.0. The fraction of sp³-hybridized carbons (Fsp3) is 0.600. The number of hydrogen-bond donors (Lipinski definition) is 2. The molecule has 1 aromatic carbocycles. The van der Waals surface area contributed by atoms with Crippen LogP contribution < -0.4 is 15.8 Å². The molecule has 3 N–H and O–H groups in total. The highest BCUT2D eigenvalue weighted by atomic mass is 16.5. The highest BCUT2D eigenvalue weighted by Gasteiger charge is 2.32. The lowest BCUT2D eigenvalue weighted by molar-refractivity contribution is 0.184. The molecule has 2 rings (SSSR count). The molecule has 0 radical (unpaired) electrons. The van der Waals surface area contributed by atoms with Crippen LogP contribution in [0.4, 0.5) is 5.69 Å². The number of methoxy groups -OCH3 is 1. The first-order chi connectivity index (χ1) is 9.21. The van der Waals surface area contributed by atoms with Crippen molar-refractivity contribution in [1.29, 1.82) is 0 Å². The number of rotatable bonds is 5. The van der Waals surface area contributed by atoms with Gasteiger partial charge in [0.05, 0.1) is 12.6 Å². The van der Waals surface area contributed by atoms with Gasteiger partial charge in [0.2, 0.25) is 0 Å². The van der Waals surface area contributed by atoms with Gasteiger partial charge in [-0.1, -0.05) is 13.0 Å². The van der Waals surface area contributed by atoms with E-state index in [0.717, 1.165) is 43.9 Å². The minimum absolute atomic E-state index is 0.0258. The standard InChI is InChI=1S/C15H25N3O/c1-3-18-9-7-15(12-16,8-10-18)17-13-5-4-6-14(11-13)19-2/h4-6,11,17H,3,7-10,12,16H2,1-2H3. The van der Waals surface area contributed by atoms with Gasteiger partial charge in [0.15, 0.2) is 0 Å². The number of likely N-dealkylation sites (tertiary alicyclic amines) is 1. The summed E-state index contributed by atoms with van der Waals surface area (Å²) in [5, 5.41) is 3.63. The van der Waals surface area contributed by atoms with E-state index in [-0.39, 0.29) is 5.54 Å². The number of anilines is 1. The first kappa shape index (κ1) is 14.2. The Kier molecular flexibility index (Phi) is 4.66. The zero-order chi connectivity index (χ0) is 13.7. The lowest BCUT2D eigenvalue weighted by Crippen LogP contribution is -2.53. The number of nitrogens with one attached hydrogen (secondary N) is 1. The Morgan fingerprint density at radius 1 is 1.37 bits per heavy atom. The second kappa shape index (κ2) is 6.26. The predicted molar refractivity (Wildman–Crippen MR) is 79.8 cm³/mol. The smallest absolute Gasteiger partial charge is 0.120 e. The molecule has 0 saturated carbocycles. The van der Waals surface area contributed by atoms with Gasteiger partial charge in [0.25, 0.3) is 0 Å². The van der Waals surface area contributed by atoms with Gasteiger partial charge in [-0.15, -0.1) is 0 Å². The van der Waals surface area contributed by atoms with E-state index in [9.17, 15) is 0 Å². The average Bonchev–Trinajstić information content (AvgIpc) is 2.48. The Morgan fingerprint density at radius 3 is 2.68 bits per heavy atom. The number of nitrogens with zero attached hydrogens (tertiary/aromatic N) is 1. The summed E-state index contributed by atoms with van der Waals surface area (Å²) in [5.74, 6) is 0.878. The second-order valence-corrected chi connectivity index (χ2v) is 5.28. The zero-order valence-electron chi connectivity index (χ0n) is 12.0. The van der Waals surface area contributed by atoms with Gasteiger partial charge in [-0.3, -0.25) is 0 Å². The minimum Gasteiger partial charge on any atom is -0.497 e. The Balaban J connectivity index is 2.06. The van der Waals surface area contributed by atoms with E-state index >= 15 is 0 Å². The molecule has 0 amide bonds. The molecule has 1 aromatic rings. The molecule has 1 saturated heterocycles. The van der Waals surface area contributed by atoms with Gasteiger partial charge in [0, 0.05) is 31.4 Å². The lowest BCUT2D eigenvalue weighted by Gasteiger charge is -2.42. The summed E-state index contributed by atoms with van der Waals surface area (Å²) >= 11 is 0. The van der Waals surface area contributed by atoms with Gasteiger partial charge in [-0.05, 0) is 31.5 Å². The number of hydrogen-bond acceptors (Lipinski definition) is 4. The Morgan fingerprint density at radius 2 is 2.11 bits per heavy atom. The van der Waals surface area contributed by atoms with Gasteiger partial charge in [-0.25, -0.2) is 0 Å². The van der Waals surface area contributed by atoms with Crippen molar-refractivity contribution in [3.8, 4) is 5.75 Å². The van der Waals surface area contributed by atoms with Crippen molar-refractivity contribution < 1.29 is 4.74 Å². The fourth-order valence-corrected chi connectivity index (χ4v) is 2.68. The molecule has 1 fully saturated rings. The highest BCUT2D eigenvalue weighted by Crippen LogP contribution is 2.27. The van der Waals surface area contributed by atoms with E-state index in [2.05, 4.69) is 23.2 Å². The SMILES string of the molecule is CCN1CCC(CN)(Nc2cccc(OC)c2)CC1. The van der Waals surface area contributed by atoms with Gasteiger partial charge < -0.3 is 20.7 Å². The van der Waals surface area contributed by atoms with Crippen LogP contribution in [0.15, 0.2) is 24.3 Å². The summed E-state index contributed by atoms with van der Waals surface area (Å²) in [4.78, 5) is 2.47. The average molecular weight is 263 g/mol. The molecule has 1 aliphatic rings. The highest BCUT2D eigenvalue weighted by molar-refractivity contribution is 5.50. The van der Waals surface area contributed by atoms with Gasteiger partial charge in [-0.2, -0.15) is 0 Å². The number of piperidine rings is 1. The summed E-state index contributed by atoms with van der Waals surface area (Å²) in [6.45, 7) is 6.24. The molecule has 0 spiro atoms. The third kappa shape index (κ3) is 3.39. The Hall–Kier alpha value is -1.26. The molecule has 4 heteroatoms.